The molecule has 0 aliphatic carbocycles. The monoisotopic (exact) mass is 262 g/mol. The number of hydrogen-bond acceptors (Lipinski definition) is 1. The fourth-order valence-electron chi connectivity index (χ4n) is 2.90. The Balaban J connectivity index is 2.31. The summed E-state index contributed by atoms with van der Waals surface area (Å²) in [7, 11) is 0. The van der Waals surface area contributed by atoms with Crippen LogP contribution >= 0.6 is 0 Å². The van der Waals surface area contributed by atoms with E-state index in [1.165, 1.54) is 27.4 Å². The molecule has 2 heterocycles. The standard InChI is InChI=1S/C18H18N2/c1-4-5-6-11-20-17-12-13(2)7-8-15(17)16-9-10-19-14(3)18(16)20/h1,7-10,12H,5-6,11H2,2-3H3. The number of terminal acetylenes is 1. The van der Waals surface area contributed by atoms with Crippen LogP contribution in [0.25, 0.3) is 21.8 Å². The van der Waals surface area contributed by atoms with E-state index in [0.29, 0.717) is 0 Å². The third kappa shape index (κ3) is 1.96. The first kappa shape index (κ1) is 12.7. The van der Waals surface area contributed by atoms with Crippen LogP contribution in [-0.2, 0) is 6.54 Å². The Morgan fingerprint density at radius 1 is 1.20 bits per heavy atom. The Morgan fingerprint density at radius 3 is 2.85 bits per heavy atom. The fraction of sp³-hybridized carbons (Fsp3) is 0.278. The van der Waals surface area contributed by atoms with Gasteiger partial charge in [0.15, 0.2) is 0 Å². The van der Waals surface area contributed by atoms with Crippen molar-refractivity contribution in [1.82, 2.24) is 9.55 Å². The van der Waals surface area contributed by atoms with Crippen LogP contribution in [0.3, 0.4) is 0 Å². The fourth-order valence-corrected chi connectivity index (χ4v) is 2.90. The van der Waals surface area contributed by atoms with Gasteiger partial charge in [-0.05, 0) is 38.0 Å². The van der Waals surface area contributed by atoms with Crippen molar-refractivity contribution in [2.45, 2.75) is 33.2 Å². The van der Waals surface area contributed by atoms with Gasteiger partial charge in [-0.25, -0.2) is 0 Å². The summed E-state index contributed by atoms with van der Waals surface area (Å²) in [6.45, 7) is 5.15. The molecule has 0 saturated heterocycles. The molecule has 0 radical (unpaired) electrons. The average Bonchev–Trinajstić information content (AvgIpc) is 2.74. The Morgan fingerprint density at radius 2 is 2.05 bits per heavy atom. The molecule has 3 aromatic rings. The van der Waals surface area contributed by atoms with Crippen LogP contribution in [0.1, 0.15) is 24.1 Å². The van der Waals surface area contributed by atoms with Crippen molar-refractivity contribution in [2.24, 2.45) is 0 Å². The highest BCUT2D eigenvalue weighted by molar-refractivity contribution is 6.08. The molecule has 0 N–H and O–H groups in total. The summed E-state index contributed by atoms with van der Waals surface area (Å²) in [4.78, 5) is 4.45. The molecule has 0 atom stereocenters. The van der Waals surface area contributed by atoms with Gasteiger partial charge < -0.3 is 4.57 Å². The summed E-state index contributed by atoms with van der Waals surface area (Å²) in [6.07, 6.45) is 9.08. The first-order valence-electron chi connectivity index (χ1n) is 7.00. The van der Waals surface area contributed by atoms with Crippen molar-refractivity contribution in [2.75, 3.05) is 0 Å². The maximum Gasteiger partial charge on any atom is 0.0707 e. The van der Waals surface area contributed by atoms with Gasteiger partial charge in [-0.2, -0.15) is 0 Å². The molecule has 0 saturated carbocycles. The molecular formula is C18H18N2. The summed E-state index contributed by atoms with van der Waals surface area (Å²) < 4.78 is 2.37. The van der Waals surface area contributed by atoms with Gasteiger partial charge in [-0.3, -0.25) is 4.98 Å². The van der Waals surface area contributed by atoms with Crippen LogP contribution in [-0.4, -0.2) is 9.55 Å². The van der Waals surface area contributed by atoms with Gasteiger partial charge in [0.1, 0.15) is 0 Å². The van der Waals surface area contributed by atoms with Crippen molar-refractivity contribution in [3.05, 3.63) is 41.7 Å². The molecule has 100 valence electrons. The highest BCUT2D eigenvalue weighted by Gasteiger charge is 2.12. The van der Waals surface area contributed by atoms with Gasteiger partial charge in [0.05, 0.1) is 11.2 Å². The Labute approximate surface area is 119 Å². The predicted molar refractivity (Wildman–Crippen MR) is 84.8 cm³/mol. The molecule has 0 unspecified atom stereocenters. The first-order chi connectivity index (χ1) is 9.72. The second-order valence-corrected chi connectivity index (χ2v) is 5.27. The van der Waals surface area contributed by atoms with Gasteiger partial charge in [-0.1, -0.05) is 12.1 Å². The predicted octanol–water partition coefficient (Wildman–Crippen LogP) is 4.22. The zero-order chi connectivity index (χ0) is 14.1. The smallest absolute Gasteiger partial charge is 0.0707 e. The molecule has 2 heteroatoms. The molecule has 0 bridgehead atoms. The number of hydrogen-bond donors (Lipinski definition) is 0. The van der Waals surface area contributed by atoms with Crippen LogP contribution in [0.5, 0.6) is 0 Å². The molecule has 2 aromatic heterocycles. The lowest BCUT2D eigenvalue weighted by Gasteiger charge is -2.07. The van der Waals surface area contributed by atoms with Gasteiger partial charge in [0, 0.05) is 35.5 Å². The van der Waals surface area contributed by atoms with E-state index in [2.05, 4.69) is 53.6 Å². The van der Waals surface area contributed by atoms with Crippen LogP contribution in [0.4, 0.5) is 0 Å². The summed E-state index contributed by atoms with van der Waals surface area (Å²) in [5.41, 5.74) is 4.89. The number of nitrogens with zero attached hydrogens (tertiary/aromatic N) is 2. The van der Waals surface area contributed by atoms with E-state index in [1.54, 1.807) is 0 Å². The topological polar surface area (TPSA) is 17.8 Å². The van der Waals surface area contributed by atoms with Gasteiger partial charge in [0.25, 0.3) is 0 Å². The number of pyridine rings is 1. The number of unbranched alkanes of at least 4 members (excludes halogenated alkanes) is 1. The van der Waals surface area contributed by atoms with Crippen LogP contribution in [0.15, 0.2) is 30.5 Å². The van der Waals surface area contributed by atoms with E-state index in [0.717, 1.165) is 25.1 Å². The molecular weight excluding hydrogens is 244 g/mol. The molecule has 0 aliphatic heterocycles. The molecule has 0 amide bonds. The number of aryl methyl sites for hydroxylation is 3. The molecule has 0 spiro atoms. The maximum absolute atomic E-state index is 5.38. The second kappa shape index (κ2) is 5.02. The number of aromatic nitrogens is 2. The van der Waals surface area contributed by atoms with Crippen LogP contribution < -0.4 is 0 Å². The first-order valence-corrected chi connectivity index (χ1v) is 7.00. The summed E-state index contributed by atoms with van der Waals surface area (Å²) in [6, 6.07) is 8.75. The number of fused-ring (bicyclic) bond motifs is 3. The van der Waals surface area contributed by atoms with Crippen molar-refractivity contribution >= 4 is 21.8 Å². The lowest BCUT2D eigenvalue weighted by Crippen LogP contribution is -1.99. The van der Waals surface area contributed by atoms with E-state index >= 15 is 0 Å². The second-order valence-electron chi connectivity index (χ2n) is 5.27. The van der Waals surface area contributed by atoms with E-state index in [9.17, 15) is 0 Å². The minimum absolute atomic E-state index is 0.812. The normalized spacial score (nSPS) is 11.1. The highest BCUT2D eigenvalue weighted by Crippen LogP contribution is 2.31. The lowest BCUT2D eigenvalue weighted by molar-refractivity contribution is 0.692. The Kier molecular flexibility index (Phi) is 3.20. The average molecular weight is 262 g/mol. The van der Waals surface area contributed by atoms with E-state index < -0.39 is 0 Å². The summed E-state index contributed by atoms with van der Waals surface area (Å²) in [5, 5.41) is 2.59. The van der Waals surface area contributed by atoms with E-state index in [-0.39, 0.29) is 0 Å². The van der Waals surface area contributed by atoms with E-state index in [4.69, 9.17) is 6.42 Å². The lowest BCUT2D eigenvalue weighted by atomic mass is 10.1. The zero-order valence-corrected chi connectivity index (χ0v) is 12.0. The zero-order valence-electron chi connectivity index (χ0n) is 12.0. The largest absolute Gasteiger partial charge is 0.339 e. The molecule has 0 aliphatic rings. The molecule has 2 nitrogen and oxygen atoms in total. The third-order valence-corrected chi connectivity index (χ3v) is 3.81. The summed E-state index contributed by atoms with van der Waals surface area (Å²) >= 11 is 0. The minimum Gasteiger partial charge on any atom is -0.339 e. The number of benzene rings is 1. The Bertz CT molecular complexity index is 819. The van der Waals surface area contributed by atoms with Crippen molar-refractivity contribution in [1.29, 1.82) is 0 Å². The molecule has 1 aromatic carbocycles. The third-order valence-electron chi connectivity index (χ3n) is 3.81. The summed E-state index contributed by atoms with van der Waals surface area (Å²) in [5.74, 6) is 2.72. The molecule has 3 rings (SSSR count). The van der Waals surface area contributed by atoms with Gasteiger partial charge >= 0.3 is 0 Å². The highest BCUT2D eigenvalue weighted by atomic mass is 15.0. The number of rotatable bonds is 3. The van der Waals surface area contributed by atoms with Crippen molar-refractivity contribution in [3.63, 3.8) is 0 Å². The van der Waals surface area contributed by atoms with Crippen molar-refractivity contribution in [3.8, 4) is 12.3 Å². The van der Waals surface area contributed by atoms with Crippen molar-refractivity contribution < 1.29 is 0 Å². The van der Waals surface area contributed by atoms with Crippen LogP contribution in [0.2, 0.25) is 0 Å². The maximum atomic E-state index is 5.38. The quantitative estimate of drug-likeness (QED) is 0.510. The molecule has 0 fully saturated rings. The van der Waals surface area contributed by atoms with E-state index in [1.807, 2.05) is 6.20 Å². The van der Waals surface area contributed by atoms with Gasteiger partial charge in [-0.15, -0.1) is 12.3 Å². The van der Waals surface area contributed by atoms with Gasteiger partial charge in [0.2, 0.25) is 0 Å². The SMILES string of the molecule is C#CCCCn1c2cc(C)ccc2c2ccnc(C)c21. The Hall–Kier alpha value is -2.27. The molecule has 20 heavy (non-hydrogen) atoms. The van der Waals surface area contributed by atoms with Crippen LogP contribution in [0, 0.1) is 26.2 Å². The minimum atomic E-state index is 0.812.